The molecule has 2 heterocycles. The van der Waals surface area contributed by atoms with Crippen LogP contribution in [0.2, 0.25) is 0 Å². The number of H-pyrrole nitrogens is 1. The fourth-order valence-corrected chi connectivity index (χ4v) is 3.56. The number of para-hydroxylation sites is 2. The summed E-state index contributed by atoms with van der Waals surface area (Å²) in [6.07, 6.45) is 0. The van der Waals surface area contributed by atoms with Crippen LogP contribution in [0.25, 0.3) is 16.6 Å². The Kier molecular flexibility index (Phi) is 5.10. The van der Waals surface area contributed by atoms with Crippen molar-refractivity contribution < 1.29 is 14.3 Å². The third-order valence-corrected chi connectivity index (χ3v) is 4.99. The molecule has 0 fully saturated rings. The Bertz CT molecular complexity index is 1240. The van der Waals surface area contributed by atoms with Gasteiger partial charge in [-0.1, -0.05) is 36.4 Å². The molecule has 1 amide bonds. The number of rotatable bonds is 5. The van der Waals surface area contributed by atoms with Crippen molar-refractivity contribution in [3.63, 3.8) is 0 Å². The van der Waals surface area contributed by atoms with Gasteiger partial charge in [0.05, 0.1) is 28.3 Å². The monoisotopic (exact) mass is 402 g/mol. The van der Waals surface area contributed by atoms with E-state index in [1.165, 1.54) is 0 Å². The van der Waals surface area contributed by atoms with Crippen LogP contribution in [0.3, 0.4) is 0 Å². The van der Waals surface area contributed by atoms with E-state index in [0.717, 1.165) is 22.3 Å². The van der Waals surface area contributed by atoms with Crippen LogP contribution in [0.4, 0.5) is 5.69 Å². The van der Waals surface area contributed by atoms with Crippen LogP contribution < -0.4 is 5.32 Å². The van der Waals surface area contributed by atoms with E-state index in [4.69, 9.17) is 4.74 Å². The van der Waals surface area contributed by atoms with E-state index in [2.05, 4.69) is 15.4 Å². The summed E-state index contributed by atoms with van der Waals surface area (Å²) in [6, 6.07) is 17.2. The molecule has 0 saturated heterocycles. The lowest BCUT2D eigenvalue weighted by Gasteiger charge is -2.08. The smallest absolute Gasteiger partial charge is 0.341 e. The molecule has 152 valence electrons. The van der Waals surface area contributed by atoms with Crippen molar-refractivity contribution in [3.8, 4) is 5.69 Å². The molecule has 2 N–H and O–H groups in total. The molecule has 0 radical (unpaired) electrons. The molecule has 0 atom stereocenters. The summed E-state index contributed by atoms with van der Waals surface area (Å²) in [7, 11) is 0. The third kappa shape index (κ3) is 3.57. The Morgan fingerprint density at radius 2 is 1.73 bits per heavy atom. The van der Waals surface area contributed by atoms with Gasteiger partial charge in [-0.2, -0.15) is 5.10 Å². The van der Waals surface area contributed by atoms with Crippen LogP contribution in [-0.4, -0.2) is 33.2 Å². The normalized spacial score (nSPS) is 10.9. The first kappa shape index (κ1) is 19.4. The Balaban J connectivity index is 1.46. The van der Waals surface area contributed by atoms with E-state index in [1.54, 1.807) is 11.6 Å². The first-order valence-electron chi connectivity index (χ1n) is 9.61. The van der Waals surface area contributed by atoms with Gasteiger partial charge in [0.1, 0.15) is 0 Å². The number of aryl methyl sites for hydroxylation is 2. The Hall–Kier alpha value is -3.87. The summed E-state index contributed by atoms with van der Waals surface area (Å²) in [5.41, 5.74) is 5.00. The maximum Gasteiger partial charge on any atom is 0.341 e. The van der Waals surface area contributed by atoms with Gasteiger partial charge in [-0.05, 0) is 39.0 Å². The van der Waals surface area contributed by atoms with Gasteiger partial charge in [0.15, 0.2) is 6.61 Å². The van der Waals surface area contributed by atoms with Crippen LogP contribution >= 0.6 is 0 Å². The number of nitrogens with one attached hydrogen (secondary N) is 2. The van der Waals surface area contributed by atoms with Gasteiger partial charge in [-0.25, -0.2) is 9.48 Å². The fraction of sp³-hybridized carbons (Fsp3) is 0.174. The second-order valence-corrected chi connectivity index (χ2v) is 7.09. The lowest BCUT2D eigenvalue weighted by atomic mass is 10.1. The molecule has 7 heteroatoms. The van der Waals surface area contributed by atoms with Crippen LogP contribution in [0, 0.1) is 20.8 Å². The predicted octanol–water partition coefficient (Wildman–Crippen LogP) is 4.07. The van der Waals surface area contributed by atoms with Gasteiger partial charge in [0, 0.05) is 16.6 Å². The Morgan fingerprint density at radius 3 is 2.50 bits per heavy atom. The van der Waals surface area contributed by atoms with Crippen molar-refractivity contribution in [3.05, 3.63) is 77.2 Å². The SMILES string of the molecule is Cc1nn(-c2ccccc2)c(C)c1NC(=O)COC(=O)c1c(C)[nH]c2ccccc12. The number of ether oxygens (including phenoxy) is 1. The van der Waals surface area contributed by atoms with Crippen molar-refractivity contribution >= 4 is 28.5 Å². The number of aromatic amines is 1. The molecule has 0 aliphatic carbocycles. The van der Waals surface area contributed by atoms with E-state index >= 15 is 0 Å². The molecule has 0 saturated carbocycles. The maximum absolute atomic E-state index is 12.6. The topological polar surface area (TPSA) is 89.0 Å². The Morgan fingerprint density at radius 1 is 1.03 bits per heavy atom. The van der Waals surface area contributed by atoms with Crippen molar-refractivity contribution in [1.29, 1.82) is 0 Å². The van der Waals surface area contributed by atoms with Gasteiger partial charge in [0.25, 0.3) is 5.91 Å². The van der Waals surface area contributed by atoms with Gasteiger partial charge in [-0.15, -0.1) is 0 Å². The zero-order valence-corrected chi connectivity index (χ0v) is 17.0. The highest BCUT2D eigenvalue weighted by Gasteiger charge is 2.20. The quantitative estimate of drug-likeness (QED) is 0.493. The number of esters is 1. The fourth-order valence-electron chi connectivity index (χ4n) is 3.56. The molecule has 7 nitrogen and oxygen atoms in total. The molecule has 4 rings (SSSR count). The summed E-state index contributed by atoms with van der Waals surface area (Å²) in [4.78, 5) is 28.2. The number of hydrogen-bond donors (Lipinski definition) is 2. The predicted molar refractivity (Wildman–Crippen MR) is 115 cm³/mol. The molecule has 2 aromatic carbocycles. The third-order valence-electron chi connectivity index (χ3n) is 4.99. The number of carbonyl (C=O) groups is 2. The molecule has 0 aliphatic heterocycles. The molecule has 0 aliphatic rings. The first-order valence-corrected chi connectivity index (χ1v) is 9.61. The number of hydrogen-bond acceptors (Lipinski definition) is 4. The molecule has 4 aromatic rings. The van der Waals surface area contributed by atoms with Crippen molar-refractivity contribution in [2.75, 3.05) is 11.9 Å². The summed E-state index contributed by atoms with van der Waals surface area (Å²) < 4.78 is 7.05. The van der Waals surface area contributed by atoms with Crippen molar-refractivity contribution in [1.82, 2.24) is 14.8 Å². The molecule has 2 aromatic heterocycles. The van der Waals surface area contributed by atoms with Gasteiger partial charge in [-0.3, -0.25) is 4.79 Å². The second-order valence-electron chi connectivity index (χ2n) is 7.09. The Labute approximate surface area is 173 Å². The van der Waals surface area contributed by atoms with E-state index < -0.39 is 11.9 Å². The maximum atomic E-state index is 12.6. The second kappa shape index (κ2) is 7.87. The first-order chi connectivity index (χ1) is 14.5. The molecular formula is C23H22N4O3. The molecular weight excluding hydrogens is 380 g/mol. The highest BCUT2D eigenvalue weighted by atomic mass is 16.5. The van der Waals surface area contributed by atoms with E-state index in [-0.39, 0.29) is 6.61 Å². The van der Waals surface area contributed by atoms with Crippen LogP contribution in [0.5, 0.6) is 0 Å². The zero-order chi connectivity index (χ0) is 21.3. The van der Waals surface area contributed by atoms with Crippen molar-refractivity contribution in [2.45, 2.75) is 20.8 Å². The van der Waals surface area contributed by atoms with Crippen LogP contribution in [0.1, 0.15) is 27.4 Å². The number of nitrogens with zero attached hydrogens (tertiary/aromatic N) is 2. The summed E-state index contributed by atoms with van der Waals surface area (Å²) >= 11 is 0. The summed E-state index contributed by atoms with van der Waals surface area (Å²) in [6.45, 7) is 5.13. The molecule has 0 spiro atoms. The number of anilines is 1. The molecule has 0 unspecified atom stereocenters. The minimum atomic E-state index is -0.534. The van der Waals surface area contributed by atoms with Gasteiger partial charge < -0.3 is 15.0 Å². The summed E-state index contributed by atoms with van der Waals surface area (Å²) in [5.74, 6) is -0.951. The van der Waals surface area contributed by atoms with Gasteiger partial charge in [0.2, 0.25) is 0 Å². The molecule has 0 bridgehead atoms. The highest BCUT2D eigenvalue weighted by molar-refractivity contribution is 6.06. The number of aromatic nitrogens is 3. The standard InChI is InChI=1S/C23H22N4O3/c1-14-21(18-11-7-8-12-19(18)24-14)23(29)30-13-20(28)25-22-15(2)26-27(16(22)3)17-9-5-4-6-10-17/h4-12,24H,13H2,1-3H3,(H,25,28). The van der Waals surface area contributed by atoms with Crippen molar-refractivity contribution in [2.24, 2.45) is 0 Å². The average Bonchev–Trinajstić information content (AvgIpc) is 3.23. The minimum absolute atomic E-state index is 0.382. The lowest BCUT2D eigenvalue weighted by molar-refractivity contribution is -0.119. The van der Waals surface area contributed by atoms with E-state index in [1.807, 2.05) is 68.4 Å². The minimum Gasteiger partial charge on any atom is -0.452 e. The number of amides is 1. The number of benzene rings is 2. The molecule has 30 heavy (non-hydrogen) atoms. The van der Waals surface area contributed by atoms with E-state index in [0.29, 0.717) is 22.6 Å². The van der Waals surface area contributed by atoms with Crippen LogP contribution in [-0.2, 0) is 9.53 Å². The zero-order valence-electron chi connectivity index (χ0n) is 17.0. The lowest BCUT2D eigenvalue weighted by Crippen LogP contribution is -2.21. The summed E-state index contributed by atoms with van der Waals surface area (Å²) in [5, 5.41) is 8.09. The largest absolute Gasteiger partial charge is 0.452 e. The van der Waals surface area contributed by atoms with Crippen LogP contribution in [0.15, 0.2) is 54.6 Å². The highest BCUT2D eigenvalue weighted by Crippen LogP contribution is 2.24. The van der Waals surface area contributed by atoms with Gasteiger partial charge >= 0.3 is 5.97 Å². The van der Waals surface area contributed by atoms with E-state index in [9.17, 15) is 9.59 Å². The average molecular weight is 402 g/mol. The number of carbonyl (C=O) groups excluding carboxylic acids is 2. The number of fused-ring (bicyclic) bond motifs is 1.